The summed E-state index contributed by atoms with van der Waals surface area (Å²) in [7, 11) is 1.72. The van der Waals surface area contributed by atoms with Gasteiger partial charge in [-0.25, -0.2) is 0 Å². The highest BCUT2D eigenvalue weighted by atomic mass is 16.5. The van der Waals surface area contributed by atoms with E-state index in [1.165, 1.54) is 18.4 Å². The van der Waals surface area contributed by atoms with E-state index in [1.54, 1.807) is 7.11 Å². The van der Waals surface area contributed by atoms with E-state index < -0.39 is 0 Å². The Labute approximate surface area is 109 Å². The lowest BCUT2D eigenvalue weighted by Crippen LogP contribution is -2.19. The zero-order valence-corrected chi connectivity index (χ0v) is 11.2. The Morgan fingerprint density at radius 2 is 2.06 bits per heavy atom. The van der Waals surface area contributed by atoms with Crippen LogP contribution < -0.4 is 10.1 Å². The predicted molar refractivity (Wildman–Crippen MR) is 73.2 cm³/mol. The fraction of sp³-hybridized carbons (Fsp3) is 0.600. The molecule has 0 saturated heterocycles. The largest absolute Gasteiger partial charge is 0.493 e. The molecule has 100 valence electrons. The van der Waals surface area contributed by atoms with Crippen LogP contribution in [0.1, 0.15) is 24.8 Å². The summed E-state index contributed by atoms with van der Waals surface area (Å²) >= 11 is 0. The van der Waals surface area contributed by atoms with E-state index in [0.29, 0.717) is 0 Å². The van der Waals surface area contributed by atoms with E-state index in [9.17, 15) is 0 Å². The van der Waals surface area contributed by atoms with Gasteiger partial charge in [0.1, 0.15) is 5.75 Å². The van der Waals surface area contributed by atoms with Gasteiger partial charge in [0, 0.05) is 26.2 Å². The van der Waals surface area contributed by atoms with Gasteiger partial charge in [-0.15, -0.1) is 0 Å². The molecule has 0 atom stereocenters. The molecule has 0 radical (unpaired) electrons. The van der Waals surface area contributed by atoms with Crippen molar-refractivity contribution in [1.82, 2.24) is 5.32 Å². The third-order valence-electron chi connectivity index (χ3n) is 3.13. The summed E-state index contributed by atoms with van der Waals surface area (Å²) in [4.78, 5) is 0. The first kappa shape index (κ1) is 13.4. The van der Waals surface area contributed by atoms with Crippen molar-refractivity contribution in [3.63, 3.8) is 0 Å². The average molecular weight is 249 g/mol. The van der Waals surface area contributed by atoms with Gasteiger partial charge in [-0.2, -0.15) is 0 Å². The molecule has 0 bridgehead atoms. The molecule has 0 amide bonds. The molecule has 1 fully saturated rings. The van der Waals surface area contributed by atoms with Crippen LogP contribution >= 0.6 is 0 Å². The Morgan fingerprint density at radius 1 is 1.22 bits per heavy atom. The molecule has 0 spiro atoms. The van der Waals surface area contributed by atoms with E-state index in [0.717, 1.165) is 44.4 Å². The zero-order valence-electron chi connectivity index (χ0n) is 11.2. The Morgan fingerprint density at radius 3 is 2.83 bits per heavy atom. The van der Waals surface area contributed by atoms with Gasteiger partial charge >= 0.3 is 0 Å². The normalized spacial score (nSPS) is 14.7. The van der Waals surface area contributed by atoms with Gasteiger partial charge < -0.3 is 14.8 Å². The topological polar surface area (TPSA) is 30.5 Å². The Bertz CT molecular complexity index is 350. The van der Waals surface area contributed by atoms with Crippen molar-refractivity contribution in [3.05, 3.63) is 29.8 Å². The van der Waals surface area contributed by atoms with Crippen LogP contribution in [0.5, 0.6) is 5.75 Å². The molecule has 0 aliphatic heterocycles. The van der Waals surface area contributed by atoms with Crippen molar-refractivity contribution in [2.75, 3.05) is 26.9 Å². The van der Waals surface area contributed by atoms with Crippen LogP contribution in [-0.2, 0) is 11.2 Å². The lowest BCUT2D eigenvalue weighted by Gasteiger charge is -2.11. The number of para-hydroxylation sites is 1. The molecule has 1 N–H and O–H groups in total. The standard InChI is InChI=1S/C15H23NO2/c1-17-11-4-12-18-15-6-3-2-5-13(15)9-10-16-14-7-8-14/h2-3,5-6,14,16H,4,7-12H2,1H3. The number of ether oxygens (including phenoxy) is 2. The zero-order chi connectivity index (χ0) is 12.6. The molecule has 2 rings (SSSR count). The van der Waals surface area contributed by atoms with Gasteiger partial charge in [-0.1, -0.05) is 18.2 Å². The maximum Gasteiger partial charge on any atom is 0.122 e. The van der Waals surface area contributed by atoms with Crippen molar-refractivity contribution in [1.29, 1.82) is 0 Å². The second-order valence-corrected chi connectivity index (χ2v) is 4.78. The quantitative estimate of drug-likeness (QED) is 0.682. The van der Waals surface area contributed by atoms with E-state index in [4.69, 9.17) is 9.47 Å². The molecule has 1 aliphatic rings. The first-order valence-corrected chi connectivity index (χ1v) is 6.83. The predicted octanol–water partition coefficient (Wildman–Crippen LogP) is 2.40. The highest BCUT2D eigenvalue weighted by Crippen LogP contribution is 2.21. The van der Waals surface area contributed by atoms with Crippen LogP contribution in [0, 0.1) is 0 Å². The van der Waals surface area contributed by atoms with Crippen molar-refractivity contribution in [2.24, 2.45) is 0 Å². The lowest BCUT2D eigenvalue weighted by molar-refractivity contribution is 0.172. The van der Waals surface area contributed by atoms with Crippen molar-refractivity contribution in [2.45, 2.75) is 31.7 Å². The lowest BCUT2D eigenvalue weighted by atomic mass is 10.1. The first-order valence-electron chi connectivity index (χ1n) is 6.83. The molecule has 1 aromatic rings. The SMILES string of the molecule is COCCCOc1ccccc1CCNC1CC1. The van der Waals surface area contributed by atoms with Crippen LogP contribution in [0.25, 0.3) is 0 Å². The van der Waals surface area contributed by atoms with Crippen LogP contribution in [0.3, 0.4) is 0 Å². The van der Waals surface area contributed by atoms with Crippen LogP contribution in [-0.4, -0.2) is 32.9 Å². The van der Waals surface area contributed by atoms with Gasteiger partial charge in [0.15, 0.2) is 0 Å². The summed E-state index contributed by atoms with van der Waals surface area (Å²) in [6.45, 7) is 2.52. The smallest absolute Gasteiger partial charge is 0.122 e. The van der Waals surface area contributed by atoms with Crippen LogP contribution in [0.4, 0.5) is 0 Å². The molecule has 0 aromatic heterocycles. The summed E-state index contributed by atoms with van der Waals surface area (Å²) in [5, 5.41) is 3.53. The number of hydrogen-bond donors (Lipinski definition) is 1. The second-order valence-electron chi connectivity index (χ2n) is 4.78. The summed E-state index contributed by atoms with van der Waals surface area (Å²) < 4.78 is 10.8. The Kier molecular flexibility index (Phi) is 5.49. The van der Waals surface area contributed by atoms with Crippen LogP contribution in [0.15, 0.2) is 24.3 Å². The minimum atomic E-state index is 0.723. The van der Waals surface area contributed by atoms with Crippen molar-refractivity contribution >= 4 is 0 Å². The molecule has 1 aliphatic carbocycles. The molecule has 1 saturated carbocycles. The van der Waals surface area contributed by atoms with E-state index in [-0.39, 0.29) is 0 Å². The molecule has 0 heterocycles. The average Bonchev–Trinajstić information content (AvgIpc) is 3.20. The van der Waals surface area contributed by atoms with Gasteiger partial charge in [-0.3, -0.25) is 0 Å². The molecular weight excluding hydrogens is 226 g/mol. The summed E-state index contributed by atoms with van der Waals surface area (Å²) in [6, 6.07) is 9.09. The highest BCUT2D eigenvalue weighted by molar-refractivity contribution is 5.33. The van der Waals surface area contributed by atoms with Crippen LogP contribution in [0.2, 0.25) is 0 Å². The second kappa shape index (κ2) is 7.39. The molecule has 18 heavy (non-hydrogen) atoms. The number of rotatable bonds is 9. The van der Waals surface area contributed by atoms with Crippen molar-refractivity contribution < 1.29 is 9.47 Å². The summed E-state index contributed by atoms with van der Waals surface area (Å²) in [5.74, 6) is 1.02. The minimum absolute atomic E-state index is 0.723. The third kappa shape index (κ3) is 4.67. The van der Waals surface area contributed by atoms with Gasteiger partial charge in [-0.05, 0) is 37.4 Å². The fourth-order valence-electron chi connectivity index (χ4n) is 1.93. The first-order chi connectivity index (χ1) is 8.90. The van der Waals surface area contributed by atoms with E-state index >= 15 is 0 Å². The maximum absolute atomic E-state index is 5.80. The fourth-order valence-corrected chi connectivity index (χ4v) is 1.93. The van der Waals surface area contributed by atoms with E-state index in [1.807, 2.05) is 6.07 Å². The number of methoxy groups -OCH3 is 1. The summed E-state index contributed by atoms with van der Waals surface area (Å²) in [6.07, 6.45) is 4.66. The van der Waals surface area contributed by atoms with Gasteiger partial charge in [0.25, 0.3) is 0 Å². The highest BCUT2D eigenvalue weighted by Gasteiger charge is 2.19. The molecular formula is C15H23NO2. The molecule has 3 heteroatoms. The minimum Gasteiger partial charge on any atom is -0.493 e. The molecule has 0 unspecified atom stereocenters. The number of nitrogens with one attached hydrogen (secondary N) is 1. The molecule has 1 aromatic carbocycles. The maximum atomic E-state index is 5.80. The monoisotopic (exact) mass is 249 g/mol. The third-order valence-corrected chi connectivity index (χ3v) is 3.13. The Balaban J connectivity index is 1.75. The molecule has 3 nitrogen and oxygen atoms in total. The van der Waals surface area contributed by atoms with Gasteiger partial charge in [0.05, 0.1) is 6.61 Å². The summed E-state index contributed by atoms with van der Waals surface area (Å²) in [5.41, 5.74) is 1.29. The number of hydrogen-bond acceptors (Lipinski definition) is 3. The van der Waals surface area contributed by atoms with Crippen molar-refractivity contribution in [3.8, 4) is 5.75 Å². The van der Waals surface area contributed by atoms with Gasteiger partial charge in [0.2, 0.25) is 0 Å². The number of benzene rings is 1. The Hall–Kier alpha value is -1.06. The van der Waals surface area contributed by atoms with E-state index in [2.05, 4.69) is 23.5 Å².